The highest BCUT2D eigenvalue weighted by atomic mass is 19.4. The van der Waals surface area contributed by atoms with Crippen LogP contribution < -0.4 is 15.4 Å². The molecule has 2 atom stereocenters. The highest BCUT2D eigenvalue weighted by Crippen LogP contribution is 2.31. The Kier molecular flexibility index (Phi) is 8.24. The average molecular weight is 549 g/mol. The zero-order valence-corrected chi connectivity index (χ0v) is 21.5. The van der Waals surface area contributed by atoms with Crippen molar-refractivity contribution in [1.29, 1.82) is 0 Å². The van der Waals surface area contributed by atoms with Crippen molar-refractivity contribution in [1.82, 2.24) is 15.1 Å². The number of benzene rings is 2. The van der Waals surface area contributed by atoms with Crippen molar-refractivity contribution in [2.75, 3.05) is 11.9 Å². The summed E-state index contributed by atoms with van der Waals surface area (Å²) in [5, 5.41) is 9.68. The van der Waals surface area contributed by atoms with Gasteiger partial charge in [-0.1, -0.05) is 18.2 Å². The first kappa shape index (κ1) is 28.1. The van der Waals surface area contributed by atoms with Crippen LogP contribution in [-0.4, -0.2) is 46.5 Å². The molecule has 0 aliphatic carbocycles. The molecule has 0 bridgehead atoms. The molecule has 12 heteroatoms. The zero-order chi connectivity index (χ0) is 28.3. The van der Waals surface area contributed by atoms with Gasteiger partial charge in [0.2, 0.25) is 11.8 Å². The number of nitrogens with one attached hydrogen (secondary N) is 2. The Morgan fingerprint density at radius 2 is 1.95 bits per heavy atom. The van der Waals surface area contributed by atoms with Gasteiger partial charge in [-0.15, -0.1) is 5.10 Å². The number of carbonyl (C=O) groups is 2. The molecule has 2 N–H and O–H groups in total. The first-order chi connectivity index (χ1) is 18.4. The molecule has 1 aromatic heterocycles. The fraction of sp³-hybridized carbons (Fsp3) is 0.370. The monoisotopic (exact) mass is 548 g/mol. The minimum atomic E-state index is -4.50. The summed E-state index contributed by atoms with van der Waals surface area (Å²) in [6.07, 6.45) is -6.58. The van der Waals surface area contributed by atoms with Crippen LogP contribution in [-0.2, 0) is 20.9 Å². The topological polar surface area (TPSA) is 94.5 Å². The summed E-state index contributed by atoms with van der Waals surface area (Å²) in [6, 6.07) is 12.2. The molecule has 2 heterocycles. The summed E-state index contributed by atoms with van der Waals surface area (Å²) in [4.78, 5) is 24.3. The van der Waals surface area contributed by atoms with Crippen molar-refractivity contribution in [3.05, 3.63) is 59.9 Å². The Labute approximate surface area is 222 Å². The molecule has 0 saturated carbocycles. The van der Waals surface area contributed by atoms with Gasteiger partial charge in [0.1, 0.15) is 17.3 Å². The summed E-state index contributed by atoms with van der Waals surface area (Å²) < 4.78 is 65.7. The summed E-state index contributed by atoms with van der Waals surface area (Å²) in [7, 11) is 0. The number of alkyl halides is 3. The lowest BCUT2D eigenvalue weighted by Crippen LogP contribution is -2.28. The molecule has 1 fully saturated rings. The summed E-state index contributed by atoms with van der Waals surface area (Å²) in [5.74, 6) is -1.35. The van der Waals surface area contributed by atoms with Crippen LogP contribution in [0.15, 0.2) is 48.5 Å². The lowest BCUT2D eigenvalue weighted by Gasteiger charge is -2.17. The Morgan fingerprint density at radius 3 is 2.62 bits per heavy atom. The van der Waals surface area contributed by atoms with Crippen LogP contribution >= 0.6 is 0 Å². The molecular weight excluding hydrogens is 520 g/mol. The van der Waals surface area contributed by atoms with Crippen molar-refractivity contribution in [3.63, 3.8) is 0 Å². The summed E-state index contributed by atoms with van der Waals surface area (Å²) in [6.45, 7) is 4.47. The van der Waals surface area contributed by atoms with Gasteiger partial charge in [0, 0.05) is 30.7 Å². The van der Waals surface area contributed by atoms with E-state index in [-0.39, 0.29) is 43.1 Å². The maximum atomic E-state index is 15.1. The molecule has 1 saturated heterocycles. The highest BCUT2D eigenvalue weighted by Gasteiger charge is 2.37. The third-order valence-electron chi connectivity index (χ3n) is 6.01. The fourth-order valence-electron chi connectivity index (χ4n) is 3.99. The van der Waals surface area contributed by atoms with Gasteiger partial charge in [0.15, 0.2) is 11.9 Å². The number of hydrogen-bond donors (Lipinski definition) is 2. The Hall–Kier alpha value is -3.93. The van der Waals surface area contributed by atoms with E-state index in [4.69, 9.17) is 9.47 Å². The number of nitrogens with zero attached hydrogens (tertiary/aromatic N) is 2. The number of amides is 2. The van der Waals surface area contributed by atoms with Crippen molar-refractivity contribution in [3.8, 4) is 22.7 Å². The van der Waals surface area contributed by atoms with Crippen molar-refractivity contribution in [2.45, 2.75) is 52.2 Å². The molecule has 4 rings (SSSR count). The highest BCUT2D eigenvalue weighted by molar-refractivity contribution is 5.97. The second kappa shape index (κ2) is 11.4. The van der Waals surface area contributed by atoms with E-state index in [2.05, 4.69) is 15.7 Å². The second-order valence-corrected chi connectivity index (χ2v) is 9.50. The van der Waals surface area contributed by atoms with Crippen LogP contribution in [0.5, 0.6) is 5.75 Å². The lowest BCUT2D eigenvalue weighted by molar-refractivity contribution is -0.217. The molecule has 3 aromatic rings. The maximum absolute atomic E-state index is 15.1. The van der Waals surface area contributed by atoms with E-state index < -0.39 is 29.9 Å². The molecule has 1 aliphatic rings. The van der Waals surface area contributed by atoms with Gasteiger partial charge in [0.25, 0.3) is 0 Å². The molecule has 0 radical (unpaired) electrons. The van der Waals surface area contributed by atoms with E-state index in [0.29, 0.717) is 22.6 Å². The largest absolute Gasteiger partial charge is 0.491 e. The smallest absolute Gasteiger partial charge is 0.414 e. The molecule has 1 aliphatic heterocycles. The Balaban J connectivity index is 1.71. The lowest BCUT2D eigenvalue weighted by atomic mass is 10.1. The number of hydrogen-bond acceptors (Lipinski definition) is 5. The molecule has 2 aromatic carbocycles. The van der Waals surface area contributed by atoms with Gasteiger partial charge in [-0.3, -0.25) is 9.59 Å². The quantitative estimate of drug-likeness (QED) is 0.367. The predicted octanol–water partition coefficient (Wildman–Crippen LogP) is 5.01. The van der Waals surface area contributed by atoms with E-state index >= 15 is 4.39 Å². The third-order valence-corrected chi connectivity index (χ3v) is 6.01. The minimum absolute atomic E-state index is 0.0358. The van der Waals surface area contributed by atoms with Gasteiger partial charge in [-0.2, -0.15) is 13.2 Å². The molecule has 0 spiro atoms. The molecule has 2 amide bonds. The molecule has 8 nitrogen and oxygen atoms in total. The average Bonchev–Trinajstić information content (AvgIpc) is 3.49. The van der Waals surface area contributed by atoms with Crippen LogP contribution in [0, 0.1) is 11.7 Å². The van der Waals surface area contributed by atoms with Gasteiger partial charge in [-0.25, -0.2) is 9.07 Å². The number of anilines is 1. The van der Waals surface area contributed by atoms with E-state index in [1.165, 1.54) is 28.9 Å². The van der Waals surface area contributed by atoms with E-state index in [1.54, 1.807) is 24.3 Å². The summed E-state index contributed by atoms with van der Waals surface area (Å²) >= 11 is 0. The van der Waals surface area contributed by atoms with Gasteiger partial charge >= 0.3 is 6.18 Å². The second-order valence-electron chi connectivity index (χ2n) is 9.50. The fourth-order valence-corrected chi connectivity index (χ4v) is 3.99. The normalized spacial score (nSPS) is 16.3. The van der Waals surface area contributed by atoms with Gasteiger partial charge < -0.3 is 20.1 Å². The maximum Gasteiger partial charge on any atom is 0.414 e. The first-order valence-electron chi connectivity index (χ1n) is 12.3. The van der Waals surface area contributed by atoms with Crippen LogP contribution in [0.1, 0.15) is 32.8 Å². The van der Waals surface area contributed by atoms with E-state index in [1.807, 2.05) is 13.8 Å². The number of aromatic nitrogens is 2. The predicted molar refractivity (Wildman–Crippen MR) is 135 cm³/mol. The van der Waals surface area contributed by atoms with Gasteiger partial charge in [0.05, 0.1) is 24.3 Å². The summed E-state index contributed by atoms with van der Waals surface area (Å²) in [5.41, 5.74) is 1.34. The number of carbonyl (C=O) groups excluding carboxylic acids is 2. The molecule has 39 heavy (non-hydrogen) atoms. The Bertz CT molecular complexity index is 1360. The number of rotatable bonds is 9. The van der Waals surface area contributed by atoms with Crippen molar-refractivity contribution >= 4 is 17.6 Å². The minimum Gasteiger partial charge on any atom is -0.491 e. The van der Waals surface area contributed by atoms with E-state index in [9.17, 15) is 22.8 Å². The standard InChI is InChI=1S/C27H28F4N4O4/c1-15(2)39-20-7-8-21(28)23(11-20)35-22(12-24(34-35)33-26(37)19-10-25(36)32-13-19)18-6-4-5-17(9-18)14-38-16(3)27(29,30)31/h4-9,11-12,15-16,19H,10,13-14H2,1-3H3,(H,32,36)(H,33,34,37)/t16-,19+/m1/s1. The molecule has 0 unspecified atom stereocenters. The van der Waals surface area contributed by atoms with E-state index in [0.717, 1.165) is 6.92 Å². The van der Waals surface area contributed by atoms with Crippen molar-refractivity contribution in [2.24, 2.45) is 5.92 Å². The van der Waals surface area contributed by atoms with Crippen LogP contribution in [0.2, 0.25) is 0 Å². The van der Waals surface area contributed by atoms with Crippen LogP contribution in [0.4, 0.5) is 23.4 Å². The third kappa shape index (κ3) is 6.94. The van der Waals surface area contributed by atoms with Crippen LogP contribution in [0.3, 0.4) is 0 Å². The first-order valence-corrected chi connectivity index (χ1v) is 12.3. The Morgan fingerprint density at radius 1 is 1.18 bits per heavy atom. The SMILES string of the molecule is CC(C)Oc1ccc(F)c(-n2nc(NC(=O)[C@@H]3CNC(=O)C3)cc2-c2cccc(CO[C@H](C)C(F)(F)F)c2)c1. The number of ether oxygens (including phenoxy) is 2. The van der Waals surface area contributed by atoms with Gasteiger partial charge in [-0.05, 0) is 44.5 Å². The van der Waals surface area contributed by atoms with Crippen LogP contribution in [0.25, 0.3) is 16.9 Å². The number of halogens is 4. The molecule has 208 valence electrons. The zero-order valence-electron chi connectivity index (χ0n) is 21.5. The molecular formula is C27H28F4N4O4. The van der Waals surface area contributed by atoms with Crippen molar-refractivity contribution < 1.29 is 36.6 Å².